The summed E-state index contributed by atoms with van der Waals surface area (Å²) in [4.78, 5) is 42.0. The monoisotopic (exact) mass is 510 g/mol. The Morgan fingerprint density at radius 2 is 1.39 bits per heavy atom. The first kappa shape index (κ1) is 24.2. The van der Waals surface area contributed by atoms with Gasteiger partial charge >= 0.3 is 0 Å². The molecule has 3 aliphatic rings. The molecule has 1 N–H and O–H groups in total. The van der Waals surface area contributed by atoms with E-state index in [1.807, 2.05) is 54.6 Å². The number of fused-ring (bicyclic) bond motifs is 5. The Bertz CT molecular complexity index is 1310. The number of nitrogens with zero attached hydrogens (tertiary/aromatic N) is 1. The number of carbonyl (C=O) groups excluding carboxylic acids is 3. The number of nitrogens with one attached hydrogen (secondary N) is 1. The fourth-order valence-corrected chi connectivity index (χ4v) is 6.49. The minimum Gasteiger partial charge on any atom is -0.497 e. The summed E-state index contributed by atoms with van der Waals surface area (Å²) in [6.07, 6.45) is 3.23. The molecule has 7 heteroatoms. The Labute approximate surface area is 221 Å². The van der Waals surface area contributed by atoms with Gasteiger partial charge in [0.25, 0.3) is 0 Å². The quantitative estimate of drug-likeness (QED) is 0.428. The van der Waals surface area contributed by atoms with E-state index in [9.17, 15) is 14.4 Å². The number of anilines is 1. The SMILES string of the molecule is COc1ccc(Oc2ccc(NC(=O)[C@H](Cc3ccccc3)N3C(=O)[C@@H]4[C@H]5CC[C@@H](C5)[C@@H]4C3=O)cc2)cc1. The van der Waals surface area contributed by atoms with Crippen molar-refractivity contribution >= 4 is 23.4 Å². The molecule has 2 aliphatic carbocycles. The molecule has 1 aliphatic heterocycles. The average molecular weight is 511 g/mol. The van der Waals surface area contributed by atoms with Gasteiger partial charge in [-0.25, -0.2) is 0 Å². The van der Waals surface area contributed by atoms with Crippen molar-refractivity contribution in [3.63, 3.8) is 0 Å². The number of methoxy groups -OCH3 is 1. The van der Waals surface area contributed by atoms with Gasteiger partial charge in [-0.2, -0.15) is 0 Å². The van der Waals surface area contributed by atoms with Crippen LogP contribution in [0, 0.1) is 23.7 Å². The summed E-state index contributed by atoms with van der Waals surface area (Å²) in [6.45, 7) is 0. The third kappa shape index (κ3) is 4.42. The third-order valence-electron chi connectivity index (χ3n) is 8.26. The Morgan fingerprint density at radius 1 is 0.842 bits per heavy atom. The highest BCUT2D eigenvalue weighted by atomic mass is 16.5. The zero-order valence-electron chi connectivity index (χ0n) is 21.2. The van der Waals surface area contributed by atoms with Crippen molar-refractivity contribution in [3.05, 3.63) is 84.4 Å². The van der Waals surface area contributed by atoms with Crippen molar-refractivity contribution < 1.29 is 23.9 Å². The van der Waals surface area contributed by atoms with Crippen LogP contribution in [0.25, 0.3) is 0 Å². The number of carbonyl (C=O) groups is 3. The van der Waals surface area contributed by atoms with Gasteiger partial charge in [0.1, 0.15) is 23.3 Å². The number of likely N-dealkylation sites (tertiary alicyclic amines) is 1. The molecule has 6 rings (SSSR count). The van der Waals surface area contributed by atoms with E-state index in [1.165, 1.54) is 4.90 Å². The van der Waals surface area contributed by atoms with Gasteiger partial charge in [0.05, 0.1) is 18.9 Å². The molecule has 3 aromatic carbocycles. The molecule has 3 fully saturated rings. The van der Waals surface area contributed by atoms with E-state index in [0.29, 0.717) is 17.2 Å². The Hall–Kier alpha value is -4.13. The fourth-order valence-electron chi connectivity index (χ4n) is 6.49. The number of ether oxygens (including phenoxy) is 2. The molecule has 1 saturated heterocycles. The van der Waals surface area contributed by atoms with Crippen LogP contribution in [0.1, 0.15) is 24.8 Å². The van der Waals surface area contributed by atoms with Crippen LogP contribution in [0.5, 0.6) is 17.2 Å². The lowest BCUT2D eigenvalue weighted by Crippen LogP contribution is -2.49. The smallest absolute Gasteiger partial charge is 0.248 e. The van der Waals surface area contributed by atoms with Gasteiger partial charge in [-0.15, -0.1) is 0 Å². The predicted molar refractivity (Wildman–Crippen MR) is 142 cm³/mol. The molecule has 0 spiro atoms. The molecule has 1 heterocycles. The highest BCUT2D eigenvalue weighted by molar-refractivity contribution is 6.10. The van der Waals surface area contributed by atoms with Crippen LogP contribution in [0.15, 0.2) is 78.9 Å². The second-order valence-electron chi connectivity index (χ2n) is 10.4. The van der Waals surface area contributed by atoms with Crippen LogP contribution in [-0.4, -0.2) is 35.8 Å². The van der Waals surface area contributed by atoms with E-state index in [4.69, 9.17) is 9.47 Å². The van der Waals surface area contributed by atoms with Crippen LogP contribution in [0.3, 0.4) is 0 Å². The molecular formula is C31H30N2O5. The minimum atomic E-state index is -0.905. The number of amides is 3. The highest BCUT2D eigenvalue weighted by Crippen LogP contribution is 2.56. The van der Waals surface area contributed by atoms with E-state index in [-0.39, 0.29) is 47.8 Å². The number of imide groups is 1. The van der Waals surface area contributed by atoms with Gasteiger partial charge in [-0.05, 0) is 85.2 Å². The molecule has 0 aromatic heterocycles. The van der Waals surface area contributed by atoms with Crippen LogP contribution in [0.2, 0.25) is 0 Å². The molecule has 38 heavy (non-hydrogen) atoms. The molecule has 194 valence electrons. The average Bonchev–Trinajstić information content (AvgIpc) is 3.63. The topological polar surface area (TPSA) is 84.9 Å². The molecule has 5 atom stereocenters. The first-order chi connectivity index (χ1) is 18.5. The molecule has 7 nitrogen and oxygen atoms in total. The molecular weight excluding hydrogens is 480 g/mol. The largest absolute Gasteiger partial charge is 0.497 e. The van der Waals surface area contributed by atoms with Gasteiger partial charge in [0.15, 0.2) is 0 Å². The summed E-state index contributed by atoms with van der Waals surface area (Å²) in [5.74, 6) is 1.31. The van der Waals surface area contributed by atoms with Crippen molar-refractivity contribution in [2.45, 2.75) is 31.7 Å². The molecule has 2 bridgehead atoms. The first-order valence-corrected chi connectivity index (χ1v) is 13.2. The first-order valence-electron chi connectivity index (χ1n) is 13.2. The lowest BCUT2D eigenvalue weighted by Gasteiger charge is -2.27. The van der Waals surface area contributed by atoms with Crippen molar-refractivity contribution in [2.75, 3.05) is 12.4 Å². The van der Waals surface area contributed by atoms with E-state index in [2.05, 4.69) is 5.32 Å². The number of rotatable bonds is 8. The summed E-state index contributed by atoms with van der Waals surface area (Å²) >= 11 is 0. The highest BCUT2D eigenvalue weighted by Gasteiger charge is 2.62. The van der Waals surface area contributed by atoms with Crippen molar-refractivity contribution in [2.24, 2.45) is 23.7 Å². The lowest BCUT2D eigenvalue weighted by atomic mass is 9.81. The van der Waals surface area contributed by atoms with E-state index in [0.717, 1.165) is 30.6 Å². The number of hydrogen-bond donors (Lipinski definition) is 1. The Morgan fingerprint density at radius 3 is 1.97 bits per heavy atom. The van der Waals surface area contributed by atoms with E-state index < -0.39 is 6.04 Å². The second kappa shape index (κ2) is 9.97. The molecule has 0 radical (unpaired) electrons. The number of hydrogen-bond acceptors (Lipinski definition) is 5. The predicted octanol–water partition coefficient (Wildman–Crippen LogP) is 5.07. The van der Waals surface area contributed by atoms with E-state index in [1.54, 1.807) is 31.4 Å². The van der Waals surface area contributed by atoms with Crippen molar-refractivity contribution in [1.29, 1.82) is 0 Å². The van der Waals surface area contributed by atoms with E-state index >= 15 is 0 Å². The maximum atomic E-state index is 13.6. The van der Waals surface area contributed by atoms with Crippen LogP contribution in [-0.2, 0) is 20.8 Å². The summed E-state index contributed by atoms with van der Waals surface area (Å²) in [6, 6.07) is 22.9. The molecule has 2 saturated carbocycles. The maximum Gasteiger partial charge on any atom is 0.248 e. The normalized spacial score (nSPS) is 24.3. The standard InChI is InChI=1S/C31H30N2O5/c1-37-23-13-15-25(16-14-23)38-24-11-9-22(10-12-24)32-29(34)26(17-19-5-3-2-4-6-19)33-30(35)27-20-7-8-21(18-20)28(27)31(33)36/h2-6,9-16,20-21,26-28H,7-8,17-18H2,1H3,(H,32,34)/t20-,21-,26-,27-,28+/m0/s1. The fraction of sp³-hybridized carbons (Fsp3) is 0.323. The molecule has 3 aromatic rings. The Balaban J connectivity index is 1.20. The maximum absolute atomic E-state index is 13.6. The van der Waals surface area contributed by atoms with Gasteiger partial charge in [0.2, 0.25) is 17.7 Å². The van der Waals surface area contributed by atoms with Crippen LogP contribution < -0.4 is 14.8 Å². The minimum absolute atomic E-state index is 0.175. The zero-order valence-corrected chi connectivity index (χ0v) is 21.2. The van der Waals surface area contributed by atoms with Gasteiger partial charge < -0.3 is 14.8 Å². The van der Waals surface area contributed by atoms with Crippen LogP contribution >= 0.6 is 0 Å². The van der Waals surface area contributed by atoms with Gasteiger partial charge in [-0.1, -0.05) is 30.3 Å². The van der Waals surface area contributed by atoms with Crippen molar-refractivity contribution in [3.8, 4) is 17.2 Å². The lowest BCUT2D eigenvalue weighted by molar-refractivity contribution is -0.147. The van der Waals surface area contributed by atoms with Gasteiger partial charge in [0, 0.05) is 12.1 Å². The summed E-state index contributed by atoms with van der Waals surface area (Å²) in [7, 11) is 1.61. The summed E-state index contributed by atoms with van der Waals surface area (Å²) in [5, 5.41) is 2.93. The number of benzene rings is 3. The third-order valence-corrected chi connectivity index (χ3v) is 8.26. The summed E-state index contributed by atoms with van der Waals surface area (Å²) in [5.41, 5.74) is 1.46. The second-order valence-corrected chi connectivity index (χ2v) is 10.4. The van der Waals surface area contributed by atoms with Gasteiger partial charge in [-0.3, -0.25) is 19.3 Å². The zero-order chi connectivity index (χ0) is 26.2. The van der Waals surface area contributed by atoms with Crippen LogP contribution in [0.4, 0.5) is 5.69 Å². The summed E-state index contributed by atoms with van der Waals surface area (Å²) < 4.78 is 11.0. The van der Waals surface area contributed by atoms with Crippen molar-refractivity contribution in [1.82, 2.24) is 4.90 Å². The Kier molecular flexibility index (Phi) is 6.35. The molecule has 0 unspecified atom stereocenters. The molecule has 3 amide bonds.